The zero-order valence-electron chi connectivity index (χ0n) is 10.3. The summed E-state index contributed by atoms with van der Waals surface area (Å²) in [6.07, 6.45) is 0. The molecule has 0 amide bonds. The van der Waals surface area contributed by atoms with Crippen LogP contribution in [0.25, 0.3) is 0 Å². The van der Waals surface area contributed by atoms with E-state index in [2.05, 4.69) is 21.4 Å². The van der Waals surface area contributed by atoms with Crippen LogP contribution in [-0.4, -0.2) is 0 Å². The van der Waals surface area contributed by atoms with Crippen LogP contribution in [0.1, 0.15) is 22.7 Å². The first-order chi connectivity index (χ1) is 9.02. The number of halogens is 3. The Morgan fingerprint density at radius 3 is 2.47 bits per heavy atom. The first-order valence-electron chi connectivity index (χ1n) is 5.70. The SMILES string of the molecule is Cc1ccc(Br)cc1C(NN)c1ccc(F)cc1F. The molecule has 0 radical (unpaired) electrons. The average Bonchev–Trinajstić information content (AvgIpc) is 2.36. The summed E-state index contributed by atoms with van der Waals surface area (Å²) in [7, 11) is 0. The molecule has 2 aromatic rings. The first-order valence-corrected chi connectivity index (χ1v) is 6.49. The van der Waals surface area contributed by atoms with E-state index in [0.29, 0.717) is 5.56 Å². The third-order valence-corrected chi connectivity index (χ3v) is 3.49. The van der Waals surface area contributed by atoms with E-state index in [1.54, 1.807) is 0 Å². The molecule has 0 aromatic heterocycles. The van der Waals surface area contributed by atoms with Gasteiger partial charge in [-0.1, -0.05) is 28.1 Å². The van der Waals surface area contributed by atoms with Crippen LogP contribution in [0.4, 0.5) is 8.78 Å². The lowest BCUT2D eigenvalue weighted by Gasteiger charge is -2.20. The second-order valence-electron chi connectivity index (χ2n) is 4.27. The van der Waals surface area contributed by atoms with E-state index in [1.807, 2.05) is 25.1 Å². The van der Waals surface area contributed by atoms with Crippen LogP contribution in [0.15, 0.2) is 40.9 Å². The molecule has 1 atom stereocenters. The van der Waals surface area contributed by atoms with Crippen molar-refractivity contribution >= 4 is 15.9 Å². The normalized spacial score (nSPS) is 12.5. The molecule has 0 aliphatic carbocycles. The van der Waals surface area contributed by atoms with Gasteiger partial charge < -0.3 is 0 Å². The molecule has 0 spiro atoms. The van der Waals surface area contributed by atoms with Crippen molar-refractivity contribution in [3.63, 3.8) is 0 Å². The maximum atomic E-state index is 13.9. The zero-order valence-corrected chi connectivity index (χ0v) is 11.8. The highest BCUT2D eigenvalue weighted by atomic mass is 79.9. The number of benzene rings is 2. The highest BCUT2D eigenvalue weighted by Gasteiger charge is 2.19. The van der Waals surface area contributed by atoms with Gasteiger partial charge in [-0.05, 0) is 36.2 Å². The van der Waals surface area contributed by atoms with Crippen molar-refractivity contribution in [1.29, 1.82) is 0 Å². The number of nitrogens with one attached hydrogen (secondary N) is 1. The lowest BCUT2D eigenvalue weighted by Crippen LogP contribution is -2.30. The molecule has 0 saturated carbocycles. The molecule has 3 N–H and O–H groups in total. The maximum Gasteiger partial charge on any atom is 0.131 e. The molecule has 2 aromatic carbocycles. The summed E-state index contributed by atoms with van der Waals surface area (Å²) < 4.78 is 27.7. The molecule has 0 aliphatic heterocycles. The van der Waals surface area contributed by atoms with Gasteiger partial charge in [-0.3, -0.25) is 5.84 Å². The van der Waals surface area contributed by atoms with Crippen LogP contribution in [0, 0.1) is 18.6 Å². The van der Waals surface area contributed by atoms with Crippen molar-refractivity contribution < 1.29 is 8.78 Å². The van der Waals surface area contributed by atoms with Gasteiger partial charge in [0.2, 0.25) is 0 Å². The summed E-state index contributed by atoms with van der Waals surface area (Å²) in [6.45, 7) is 1.91. The Morgan fingerprint density at radius 1 is 1.11 bits per heavy atom. The number of hydrogen-bond donors (Lipinski definition) is 2. The fraction of sp³-hybridized carbons (Fsp3) is 0.143. The second-order valence-corrected chi connectivity index (χ2v) is 5.18. The van der Waals surface area contributed by atoms with Gasteiger partial charge in [0, 0.05) is 16.1 Å². The fourth-order valence-electron chi connectivity index (χ4n) is 2.01. The van der Waals surface area contributed by atoms with Crippen LogP contribution in [0.2, 0.25) is 0 Å². The Balaban J connectivity index is 2.52. The number of hydrazine groups is 1. The van der Waals surface area contributed by atoms with Crippen molar-refractivity contribution in [2.45, 2.75) is 13.0 Å². The number of hydrogen-bond acceptors (Lipinski definition) is 2. The van der Waals surface area contributed by atoms with Gasteiger partial charge in [0.25, 0.3) is 0 Å². The summed E-state index contributed by atoms with van der Waals surface area (Å²) in [4.78, 5) is 0. The van der Waals surface area contributed by atoms with Crippen LogP contribution in [0.5, 0.6) is 0 Å². The minimum atomic E-state index is -0.623. The van der Waals surface area contributed by atoms with Crippen LogP contribution in [-0.2, 0) is 0 Å². The van der Waals surface area contributed by atoms with Crippen molar-refractivity contribution in [2.75, 3.05) is 0 Å². The predicted molar refractivity (Wildman–Crippen MR) is 74.4 cm³/mol. The molecular formula is C14H13BrF2N2. The van der Waals surface area contributed by atoms with E-state index in [4.69, 9.17) is 5.84 Å². The largest absolute Gasteiger partial charge is 0.271 e. The molecule has 19 heavy (non-hydrogen) atoms. The topological polar surface area (TPSA) is 38.0 Å². The molecule has 1 unspecified atom stereocenters. The van der Waals surface area contributed by atoms with Gasteiger partial charge in [-0.25, -0.2) is 14.2 Å². The standard InChI is InChI=1S/C14H13BrF2N2/c1-8-2-3-9(15)6-12(8)14(19-18)11-5-4-10(16)7-13(11)17/h2-7,14,19H,18H2,1H3. The number of aryl methyl sites for hydroxylation is 1. The Hall–Kier alpha value is -1.30. The van der Waals surface area contributed by atoms with E-state index in [9.17, 15) is 8.78 Å². The lowest BCUT2D eigenvalue weighted by molar-refractivity contribution is 0.540. The minimum absolute atomic E-state index is 0.310. The van der Waals surface area contributed by atoms with Crippen LogP contribution < -0.4 is 11.3 Å². The third-order valence-electron chi connectivity index (χ3n) is 2.99. The highest BCUT2D eigenvalue weighted by Crippen LogP contribution is 2.28. The van der Waals surface area contributed by atoms with Crippen molar-refractivity contribution in [3.8, 4) is 0 Å². The molecule has 2 rings (SSSR count). The fourth-order valence-corrected chi connectivity index (χ4v) is 2.38. The molecule has 2 nitrogen and oxygen atoms in total. The number of nitrogens with two attached hydrogens (primary N) is 1. The smallest absolute Gasteiger partial charge is 0.131 e. The summed E-state index contributed by atoms with van der Waals surface area (Å²) in [5.74, 6) is 4.31. The quantitative estimate of drug-likeness (QED) is 0.668. The van der Waals surface area contributed by atoms with Gasteiger partial charge in [-0.2, -0.15) is 0 Å². The second kappa shape index (κ2) is 5.77. The average molecular weight is 327 g/mol. The van der Waals surface area contributed by atoms with E-state index < -0.39 is 17.7 Å². The molecule has 0 bridgehead atoms. The van der Waals surface area contributed by atoms with Gasteiger partial charge in [0.15, 0.2) is 0 Å². The van der Waals surface area contributed by atoms with Crippen molar-refractivity contribution in [3.05, 3.63) is 69.2 Å². The summed E-state index contributed by atoms with van der Waals surface area (Å²) >= 11 is 3.37. The first kappa shape index (κ1) is 14.1. The molecule has 0 saturated heterocycles. The van der Waals surface area contributed by atoms with E-state index in [0.717, 1.165) is 21.7 Å². The number of rotatable bonds is 3. The van der Waals surface area contributed by atoms with Crippen molar-refractivity contribution in [1.82, 2.24) is 5.43 Å². The molecular weight excluding hydrogens is 314 g/mol. The van der Waals surface area contributed by atoms with Crippen LogP contribution in [0.3, 0.4) is 0 Å². The molecule has 0 heterocycles. The highest BCUT2D eigenvalue weighted by molar-refractivity contribution is 9.10. The Labute approximate surface area is 118 Å². The van der Waals surface area contributed by atoms with E-state index >= 15 is 0 Å². The third kappa shape index (κ3) is 3.00. The Bertz CT molecular complexity index is 602. The minimum Gasteiger partial charge on any atom is -0.271 e. The molecule has 0 aliphatic rings. The summed E-state index contributed by atoms with van der Waals surface area (Å²) in [6, 6.07) is 8.61. The van der Waals surface area contributed by atoms with Gasteiger partial charge in [0.1, 0.15) is 11.6 Å². The Morgan fingerprint density at radius 2 is 1.84 bits per heavy atom. The van der Waals surface area contributed by atoms with Gasteiger partial charge >= 0.3 is 0 Å². The van der Waals surface area contributed by atoms with Gasteiger partial charge in [-0.15, -0.1) is 0 Å². The predicted octanol–water partition coefficient (Wildman–Crippen LogP) is 3.59. The van der Waals surface area contributed by atoms with Gasteiger partial charge in [0.05, 0.1) is 6.04 Å². The van der Waals surface area contributed by atoms with Crippen molar-refractivity contribution in [2.24, 2.45) is 5.84 Å². The van der Waals surface area contributed by atoms with E-state index in [-0.39, 0.29) is 0 Å². The summed E-state index contributed by atoms with van der Waals surface area (Å²) in [5, 5.41) is 0. The molecule has 0 fully saturated rings. The molecule has 5 heteroatoms. The lowest BCUT2D eigenvalue weighted by atomic mass is 9.95. The Kier molecular flexibility index (Phi) is 4.29. The van der Waals surface area contributed by atoms with Crippen LogP contribution >= 0.6 is 15.9 Å². The molecule has 100 valence electrons. The summed E-state index contributed by atoms with van der Waals surface area (Å²) in [5.41, 5.74) is 4.69. The van der Waals surface area contributed by atoms with E-state index in [1.165, 1.54) is 12.1 Å². The monoisotopic (exact) mass is 326 g/mol. The maximum absolute atomic E-state index is 13.9. The zero-order chi connectivity index (χ0) is 14.0.